The molecule has 0 aliphatic heterocycles. The van der Waals surface area contributed by atoms with Crippen LogP contribution in [0.2, 0.25) is 0 Å². The molecule has 0 saturated carbocycles. The Morgan fingerprint density at radius 3 is 2.35 bits per heavy atom. The van der Waals surface area contributed by atoms with Gasteiger partial charge in [-0.3, -0.25) is 0 Å². The van der Waals surface area contributed by atoms with Crippen molar-refractivity contribution in [2.24, 2.45) is 0 Å². The zero-order chi connectivity index (χ0) is 14.5. The fourth-order valence-corrected chi connectivity index (χ4v) is 1.95. The SMILES string of the molecule is CCOc1ccc(-c2cc(C)nc(N)n2)cc1OCC. The zero-order valence-electron chi connectivity index (χ0n) is 12.0. The van der Waals surface area contributed by atoms with Crippen LogP contribution in [0.1, 0.15) is 19.5 Å². The first-order chi connectivity index (χ1) is 9.63. The molecule has 5 heteroatoms. The van der Waals surface area contributed by atoms with E-state index in [1.165, 1.54) is 0 Å². The first-order valence-corrected chi connectivity index (χ1v) is 6.65. The number of nitrogens with two attached hydrogens (primary N) is 1. The van der Waals surface area contributed by atoms with E-state index in [4.69, 9.17) is 15.2 Å². The molecule has 0 saturated heterocycles. The second-order valence-corrected chi connectivity index (χ2v) is 4.28. The van der Waals surface area contributed by atoms with Crippen molar-refractivity contribution in [3.8, 4) is 22.8 Å². The van der Waals surface area contributed by atoms with Crippen LogP contribution in [0.25, 0.3) is 11.3 Å². The van der Waals surface area contributed by atoms with Gasteiger partial charge in [0.25, 0.3) is 0 Å². The Labute approximate surface area is 118 Å². The number of nitrogen functional groups attached to an aromatic ring is 1. The zero-order valence-corrected chi connectivity index (χ0v) is 12.0. The second-order valence-electron chi connectivity index (χ2n) is 4.28. The quantitative estimate of drug-likeness (QED) is 0.907. The number of ether oxygens (including phenoxy) is 2. The van der Waals surface area contributed by atoms with Crippen molar-refractivity contribution in [2.45, 2.75) is 20.8 Å². The van der Waals surface area contributed by atoms with Crippen molar-refractivity contribution in [2.75, 3.05) is 18.9 Å². The Morgan fingerprint density at radius 1 is 1.00 bits per heavy atom. The number of hydrogen-bond acceptors (Lipinski definition) is 5. The van der Waals surface area contributed by atoms with Crippen molar-refractivity contribution >= 4 is 5.95 Å². The van der Waals surface area contributed by atoms with Crippen molar-refractivity contribution in [3.05, 3.63) is 30.0 Å². The topological polar surface area (TPSA) is 70.3 Å². The van der Waals surface area contributed by atoms with Crippen LogP contribution in [-0.2, 0) is 0 Å². The highest BCUT2D eigenvalue weighted by Crippen LogP contribution is 2.32. The molecule has 0 aliphatic rings. The van der Waals surface area contributed by atoms with Crippen LogP contribution in [0.3, 0.4) is 0 Å². The summed E-state index contributed by atoms with van der Waals surface area (Å²) in [6, 6.07) is 7.63. The van der Waals surface area contributed by atoms with Crippen LogP contribution in [-0.4, -0.2) is 23.2 Å². The van der Waals surface area contributed by atoms with Gasteiger partial charge in [-0.15, -0.1) is 0 Å². The minimum absolute atomic E-state index is 0.270. The average Bonchev–Trinajstić information content (AvgIpc) is 2.40. The third-order valence-corrected chi connectivity index (χ3v) is 2.71. The highest BCUT2D eigenvalue weighted by atomic mass is 16.5. The fourth-order valence-electron chi connectivity index (χ4n) is 1.95. The Kier molecular flexibility index (Phi) is 4.40. The summed E-state index contributed by atoms with van der Waals surface area (Å²) < 4.78 is 11.2. The van der Waals surface area contributed by atoms with Gasteiger partial charge in [0.1, 0.15) is 0 Å². The van der Waals surface area contributed by atoms with Gasteiger partial charge < -0.3 is 15.2 Å². The molecule has 0 atom stereocenters. The van der Waals surface area contributed by atoms with Crippen LogP contribution in [0, 0.1) is 6.92 Å². The number of benzene rings is 1. The number of aryl methyl sites for hydroxylation is 1. The largest absolute Gasteiger partial charge is 0.490 e. The average molecular weight is 273 g/mol. The van der Waals surface area contributed by atoms with Crippen molar-refractivity contribution in [3.63, 3.8) is 0 Å². The Morgan fingerprint density at radius 2 is 1.70 bits per heavy atom. The summed E-state index contributed by atoms with van der Waals surface area (Å²) in [5.74, 6) is 1.71. The van der Waals surface area contributed by atoms with E-state index in [-0.39, 0.29) is 5.95 Å². The van der Waals surface area contributed by atoms with E-state index in [0.717, 1.165) is 22.7 Å². The maximum atomic E-state index is 5.69. The third kappa shape index (κ3) is 3.17. The van der Waals surface area contributed by atoms with Crippen LogP contribution < -0.4 is 15.2 Å². The number of rotatable bonds is 5. The molecule has 20 heavy (non-hydrogen) atoms. The molecule has 0 bridgehead atoms. The lowest BCUT2D eigenvalue weighted by atomic mass is 10.1. The summed E-state index contributed by atoms with van der Waals surface area (Å²) in [6.07, 6.45) is 0. The molecule has 0 aliphatic carbocycles. The monoisotopic (exact) mass is 273 g/mol. The van der Waals surface area contributed by atoms with Crippen molar-refractivity contribution < 1.29 is 9.47 Å². The molecular formula is C15H19N3O2. The summed E-state index contributed by atoms with van der Waals surface area (Å²) in [4.78, 5) is 8.33. The minimum atomic E-state index is 0.270. The summed E-state index contributed by atoms with van der Waals surface area (Å²) in [6.45, 7) is 6.94. The number of nitrogens with zero attached hydrogens (tertiary/aromatic N) is 2. The van der Waals surface area contributed by atoms with Crippen LogP contribution >= 0.6 is 0 Å². The summed E-state index contributed by atoms with van der Waals surface area (Å²) >= 11 is 0. The molecule has 0 fully saturated rings. The molecule has 0 radical (unpaired) electrons. The summed E-state index contributed by atoms with van der Waals surface area (Å²) in [5.41, 5.74) is 8.23. The predicted molar refractivity (Wildman–Crippen MR) is 79.0 cm³/mol. The lowest BCUT2D eigenvalue weighted by molar-refractivity contribution is 0.288. The summed E-state index contributed by atoms with van der Waals surface area (Å²) in [7, 11) is 0. The summed E-state index contributed by atoms with van der Waals surface area (Å²) in [5, 5.41) is 0. The van der Waals surface area contributed by atoms with Gasteiger partial charge in [0.15, 0.2) is 11.5 Å². The molecule has 0 spiro atoms. The predicted octanol–water partition coefficient (Wildman–Crippen LogP) is 2.83. The number of hydrogen-bond donors (Lipinski definition) is 1. The molecule has 5 nitrogen and oxygen atoms in total. The van der Waals surface area contributed by atoms with Crippen LogP contribution in [0.15, 0.2) is 24.3 Å². The molecule has 2 aromatic rings. The molecule has 2 rings (SSSR count). The van der Waals surface area contributed by atoms with Crippen LogP contribution in [0.5, 0.6) is 11.5 Å². The lowest BCUT2D eigenvalue weighted by Gasteiger charge is -2.12. The smallest absolute Gasteiger partial charge is 0.220 e. The standard InChI is InChI=1S/C15H19N3O2/c1-4-19-13-7-6-11(9-14(13)20-5-2)12-8-10(3)17-15(16)18-12/h6-9H,4-5H2,1-3H3,(H2,16,17,18). The molecule has 0 unspecified atom stereocenters. The molecule has 0 amide bonds. The Balaban J connectivity index is 2.43. The minimum Gasteiger partial charge on any atom is -0.490 e. The highest BCUT2D eigenvalue weighted by molar-refractivity contribution is 5.65. The molecule has 1 heterocycles. The lowest BCUT2D eigenvalue weighted by Crippen LogP contribution is -2.00. The van der Waals surface area contributed by atoms with Gasteiger partial charge >= 0.3 is 0 Å². The third-order valence-electron chi connectivity index (χ3n) is 2.71. The van der Waals surface area contributed by atoms with Gasteiger partial charge in [-0.2, -0.15) is 0 Å². The number of anilines is 1. The van der Waals surface area contributed by atoms with Gasteiger partial charge in [0.2, 0.25) is 5.95 Å². The van der Waals surface area contributed by atoms with Gasteiger partial charge in [0.05, 0.1) is 18.9 Å². The first-order valence-electron chi connectivity index (χ1n) is 6.65. The van der Waals surface area contributed by atoms with Crippen molar-refractivity contribution in [1.29, 1.82) is 0 Å². The molecule has 1 aromatic carbocycles. The van der Waals surface area contributed by atoms with E-state index < -0.39 is 0 Å². The van der Waals surface area contributed by atoms with E-state index >= 15 is 0 Å². The molecule has 1 aromatic heterocycles. The van der Waals surface area contributed by atoms with E-state index in [1.807, 2.05) is 45.0 Å². The van der Waals surface area contributed by atoms with Gasteiger partial charge in [-0.1, -0.05) is 0 Å². The van der Waals surface area contributed by atoms with E-state index in [9.17, 15) is 0 Å². The maximum Gasteiger partial charge on any atom is 0.220 e. The Bertz CT molecular complexity index is 579. The van der Waals surface area contributed by atoms with Crippen LogP contribution in [0.4, 0.5) is 5.95 Å². The number of aromatic nitrogens is 2. The normalized spacial score (nSPS) is 10.3. The fraction of sp³-hybridized carbons (Fsp3) is 0.333. The van der Waals surface area contributed by atoms with Gasteiger partial charge in [-0.25, -0.2) is 9.97 Å². The van der Waals surface area contributed by atoms with E-state index in [2.05, 4.69) is 9.97 Å². The second kappa shape index (κ2) is 6.23. The van der Waals surface area contributed by atoms with Crippen molar-refractivity contribution in [1.82, 2.24) is 9.97 Å². The maximum absolute atomic E-state index is 5.69. The first kappa shape index (κ1) is 14.1. The highest BCUT2D eigenvalue weighted by Gasteiger charge is 2.09. The molecule has 2 N–H and O–H groups in total. The molecular weight excluding hydrogens is 254 g/mol. The Hall–Kier alpha value is -2.30. The van der Waals surface area contributed by atoms with Gasteiger partial charge in [-0.05, 0) is 45.0 Å². The van der Waals surface area contributed by atoms with Gasteiger partial charge in [0, 0.05) is 11.3 Å². The van der Waals surface area contributed by atoms with E-state index in [0.29, 0.717) is 19.0 Å². The molecule has 106 valence electrons. The van der Waals surface area contributed by atoms with E-state index in [1.54, 1.807) is 0 Å².